The van der Waals surface area contributed by atoms with Crippen molar-refractivity contribution < 1.29 is 29.3 Å². The lowest BCUT2D eigenvalue weighted by Gasteiger charge is -2.28. The van der Waals surface area contributed by atoms with Crippen molar-refractivity contribution in [3.05, 3.63) is 0 Å². The van der Waals surface area contributed by atoms with Crippen molar-refractivity contribution in [3.63, 3.8) is 0 Å². The number of esters is 1. The average Bonchev–Trinajstić information content (AvgIpc) is 3.20. The molecule has 0 saturated carbocycles. The lowest BCUT2D eigenvalue weighted by Crippen LogP contribution is -2.38. The topological polar surface area (TPSA) is 96.4 Å². The molecule has 0 spiro atoms. The fourth-order valence-corrected chi connectivity index (χ4v) is 3.77. The number of carbonyl (C=O) groups excluding carboxylic acids is 2. The zero-order valence-corrected chi connectivity index (χ0v) is 15.7. The predicted octanol–water partition coefficient (Wildman–Crippen LogP) is 1.85. The number of ketones is 1. The van der Waals surface area contributed by atoms with E-state index >= 15 is 0 Å². The zero-order valence-electron chi connectivity index (χ0n) is 15.7. The predicted molar refractivity (Wildman–Crippen MR) is 91.8 cm³/mol. The van der Waals surface area contributed by atoms with Crippen LogP contribution in [0.1, 0.15) is 59.8 Å². The lowest BCUT2D eigenvalue weighted by molar-refractivity contribution is -0.147. The van der Waals surface area contributed by atoms with Gasteiger partial charge in [0.1, 0.15) is 5.78 Å². The maximum atomic E-state index is 12.5. The van der Waals surface area contributed by atoms with Gasteiger partial charge in [0.05, 0.1) is 36.9 Å². The molecule has 6 nitrogen and oxygen atoms in total. The van der Waals surface area contributed by atoms with Crippen molar-refractivity contribution in [1.82, 2.24) is 0 Å². The smallest absolute Gasteiger partial charge is 0.308 e. The van der Waals surface area contributed by atoms with Crippen LogP contribution in [0.5, 0.6) is 0 Å². The Hall–Kier alpha value is -0.980. The van der Waals surface area contributed by atoms with Crippen LogP contribution in [-0.2, 0) is 19.1 Å². The molecule has 25 heavy (non-hydrogen) atoms. The summed E-state index contributed by atoms with van der Waals surface area (Å²) >= 11 is 0. The molecule has 0 unspecified atom stereocenters. The van der Waals surface area contributed by atoms with Crippen molar-refractivity contribution >= 4 is 11.8 Å². The Morgan fingerprint density at radius 3 is 2.44 bits per heavy atom. The molecule has 2 fully saturated rings. The first-order valence-corrected chi connectivity index (χ1v) is 9.39. The van der Waals surface area contributed by atoms with Gasteiger partial charge in [-0.3, -0.25) is 9.59 Å². The van der Waals surface area contributed by atoms with E-state index in [-0.39, 0.29) is 36.4 Å². The van der Waals surface area contributed by atoms with Gasteiger partial charge in [-0.1, -0.05) is 27.2 Å². The summed E-state index contributed by atoms with van der Waals surface area (Å²) in [6.07, 6.45) is 1.28. The van der Waals surface area contributed by atoms with Gasteiger partial charge in [0.25, 0.3) is 0 Å². The van der Waals surface area contributed by atoms with Crippen LogP contribution in [-0.4, -0.2) is 52.5 Å². The highest BCUT2D eigenvalue weighted by Crippen LogP contribution is 2.43. The molecule has 2 aliphatic rings. The van der Waals surface area contributed by atoms with Gasteiger partial charge in [0.2, 0.25) is 0 Å². The molecule has 0 amide bonds. The second-order valence-corrected chi connectivity index (χ2v) is 8.04. The Kier molecular flexibility index (Phi) is 6.62. The van der Waals surface area contributed by atoms with Gasteiger partial charge >= 0.3 is 5.97 Å². The van der Waals surface area contributed by atoms with E-state index in [1.54, 1.807) is 13.8 Å². The Bertz CT molecular complexity index is 492. The van der Waals surface area contributed by atoms with E-state index in [1.165, 1.54) is 0 Å². The molecule has 0 aromatic heterocycles. The summed E-state index contributed by atoms with van der Waals surface area (Å²) in [6.45, 7) is 7.56. The molecule has 6 heteroatoms. The molecule has 2 saturated heterocycles. The fraction of sp³-hybridized carbons (Fsp3) is 0.895. The minimum absolute atomic E-state index is 0.0121. The van der Waals surface area contributed by atoms with Crippen LogP contribution in [0.25, 0.3) is 0 Å². The number of rotatable bonds is 0. The first-order valence-electron chi connectivity index (χ1n) is 9.39. The van der Waals surface area contributed by atoms with Crippen LogP contribution in [0.4, 0.5) is 0 Å². The van der Waals surface area contributed by atoms with Gasteiger partial charge in [0, 0.05) is 18.3 Å². The van der Waals surface area contributed by atoms with Gasteiger partial charge < -0.3 is 19.7 Å². The summed E-state index contributed by atoms with van der Waals surface area (Å²) < 4.78 is 10.9. The van der Waals surface area contributed by atoms with Gasteiger partial charge in [-0.2, -0.15) is 0 Å². The van der Waals surface area contributed by atoms with Crippen molar-refractivity contribution in [2.75, 3.05) is 6.61 Å². The van der Waals surface area contributed by atoms with Gasteiger partial charge in [-0.15, -0.1) is 0 Å². The van der Waals surface area contributed by atoms with Gasteiger partial charge in [0.15, 0.2) is 0 Å². The second-order valence-electron chi connectivity index (χ2n) is 8.04. The average molecular weight is 356 g/mol. The van der Waals surface area contributed by atoms with Crippen molar-refractivity contribution in [1.29, 1.82) is 0 Å². The molecule has 0 aliphatic carbocycles. The first kappa shape index (κ1) is 20.3. The third kappa shape index (κ3) is 5.02. The SMILES string of the molecule is C[C@H]1CCC[C@@]2(C)O[C@H]2CCOC(=O)C[C@H](O)[C@@H](C)C(=O)[C@H](C)[C@H]1O. The summed E-state index contributed by atoms with van der Waals surface area (Å²) in [6, 6.07) is 0. The normalized spacial score (nSPS) is 44.7. The van der Waals surface area contributed by atoms with E-state index in [1.807, 2.05) is 6.92 Å². The molecule has 0 radical (unpaired) electrons. The summed E-state index contributed by atoms with van der Waals surface area (Å²) in [5.41, 5.74) is -0.177. The van der Waals surface area contributed by atoms with E-state index in [4.69, 9.17) is 9.47 Å². The van der Waals surface area contributed by atoms with E-state index in [0.717, 1.165) is 19.3 Å². The third-order valence-corrected chi connectivity index (χ3v) is 5.96. The summed E-state index contributed by atoms with van der Waals surface area (Å²) in [4.78, 5) is 24.4. The monoisotopic (exact) mass is 356 g/mol. The maximum absolute atomic E-state index is 12.5. The van der Waals surface area contributed by atoms with Crippen LogP contribution >= 0.6 is 0 Å². The number of aliphatic hydroxyl groups is 2. The number of carbonyl (C=O) groups is 2. The molecule has 2 rings (SSSR count). The minimum atomic E-state index is -1.10. The van der Waals surface area contributed by atoms with Gasteiger partial charge in [-0.25, -0.2) is 0 Å². The standard InChI is InChI=1S/C19H32O6/c1-11-6-5-8-19(4)15(25-19)7-9-24-16(21)10-14(20)12(2)18(23)13(3)17(11)22/h11-15,17,20,22H,5-10H2,1-4H3/t11-,12+,13+,14-,15-,17-,19+/m0/s1. The largest absolute Gasteiger partial charge is 0.465 e. The van der Waals surface area contributed by atoms with Crippen molar-refractivity contribution in [3.8, 4) is 0 Å². The van der Waals surface area contributed by atoms with Crippen LogP contribution in [0.2, 0.25) is 0 Å². The molecule has 2 aliphatic heterocycles. The molecular formula is C19H32O6. The summed E-state index contributed by atoms with van der Waals surface area (Å²) in [7, 11) is 0. The second kappa shape index (κ2) is 8.14. The van der Waals surface area contributed by atoms with E-state index in [9.17, 15) is 19.8 Å². The molecule has 144 valence electrons. The van der Waals surface area contributed by atoms with Crippen LogP contribution in [0.15, 0.2) is 0 Å². The van der Waals surface area contributed by atoms with E-state index < -0.39 is 30.0 Å². The number of epoxide rings is 1. The first-order chi connectivity index (χ1) is 11.7. The van der Waals surface area contributed by atoms with Crippen molar-refractivity contribution in [2.24, 2.45) is 17.8 Å². The van der Waals surface area contributed by atoms with Crippen LogP contribution < -0.4 is 0 Å². The molecule has 7 atom stereocenters. The number of aliphatic hydroxyl groups excluding tert-OH is 2. The molecular weight excluding hydrogens is 324 g/mol. The number of hydrogen-bond acceptors (Lipinski definition) is 6. The Balaban J connectivity index is 2.06. The number of hydrogen-bond donors (Lipinski definition) is 2. The molecule has 0 aromatic rings. The van der Waals surface area contributed by atoms with E-state index in [2.05, 4.69) is 6.92 Å². The number of ether oxygens (including phenoxy) is 2. The molecule has 0 bridgehead atoms. The van der Waals surface area contributed by atoms with Gasteiger partial charge in [-0.05, 0) is 25.7 Å². The van der Waals surface area contributed by atoms with Crippen LogP contribution in [0, 0.1) is 17.8 Å². The Morgan fingerprint density at radius 2 is 1.76 bits per heavy atom. The zero-order chi connectivity index (χ0) is 18.8. The molecule has 2 N–H and O–H groups in total. The summed E-state index contributed by atoms with van der Waals surface area (Å²) in [5.74, 6) is -2.04. The highest BCUT2D eigenvalue weighted by molar-refractivity contribution is 5.84. The van der Waals surface area contributed by atoms with E-state index in [0.29, 0.717) is 6.42 Å². The number of cyclic esters (lactones) is 1. The fourth-order valence-electron chi connectivity index (χ4n) is 3.77. The highest BCUT2D eigenvalue weighted by Gasteiger charge is 2.51. The third-order valence-electron chi connectivity index (χ3n) is 5.96. The van der Waals surface area contributed by atoms with Crippen molar-refractivity contribution in [2.45, 2.75) is 83.7 Å². The Labute approximate surface area is 149 Å². The number of Topliss-reactive ketones (excluding diaryl/α,β-unsaturated/α-hetero) is 1. The summed E-state index contributed by atoms with van der Waals surface area (Å²) in [5, 5.41) is 20.7. The maximum Gasteiger partial charge on any atom is 0.308 e. The Morgan fingerprint density at radius 1 is 1.08 bits per heavy atom. The minimum Gasteiger partial charge on any atom is -0.465 e. The molecule has 0 aromatic carbocycles. The van der Waals surface area contributed by atoms with Crippen LogP contribution in [0.3, 0.4) is 0 Å². The quantitative estimate of drug-likeness (QED) is 0.508. The number of fused-ring (bicyclic) bond motifs is 1. The highest BCUT2D eigenvalue weighted by atomic mass is 16.6. The lowest BCUT2D eigenvalue weighted by atomic mass is 9.81. The molecule has 2 heterocycles.